The molecule has 0 aliphatic carbocycles. The number of rotatable bonds is 6. The Labute approximate surface area is 156 Å². The van der Waals surface area contributed by atoms with Gasteiger partial charge in [0.15, 0.2) is 0 Å². The zero-order valence-electron chi connectivity index (χ0n) is 15.1. The van der Waals surface area contributed by atoms with Crippen LogP contribution in [0.5, 0.6) is 5.75 Å². The molecule has 2 aromatic carbocycles. The molecular formula is C21H18N2O4. The van der Waals surface area contributed by atoms with Gasteiger partial charge >= 0.3 is 5.97 Å². The summed E-state index contributed by atoms with van der Waals surface area (Å²) in [6, 6.07) is 15.8. The van der Waals surface area contributed by atoms with E-state index >= 15 is 0 Å². The van der Waals surface area contributed by atoms with Crippen LogP contribution in [0.2, 0.25) is 0 Å². The Morgan fingerprint density at radius 1 is 1.11 bits per heavy atom. The standard InChI is InChI=1S/C21H18N2O4/c1-14-20(15(2)27-23-14)13-25-19-9-7-16(8-10-19)21(24)26-12-18-6-4-3-5-17(18)11-22/h3-10H,12-13H2,1-2H3. The van der Waals surface area contributed by atoms with Gasteiger partial charge in [-0.05, 0) is 44.2 Å². The molecule has 6 nitrogen and oxygen atoms in total. The molecule has 6 heteroatoms. The van der Waals surface area contributed by atoms with Gasteiger partial charge in [0.25, 0.3) is 0 Å². The van der Waals surface area contributed by atoms with E-state index in [0.717, 1.165) is 17.0 Å². The van der Waals surface area contributed by atoms with Crippen molar-refractivity contribution in [3.05, 3.63) is 82.2 Å². The molecule has 0 atom stereocenters. The summed E-state index contributed by atoms with van der Waals surface area (Å²) in [7, 11) is 0. The molecule has 0 fully saturated rings. The van der Waals surface area contributed by atoms with E-state index in [4.69, 9.17) is 19.3 Å². The van der Waals surface area contributed by atoms with Crippen LogP contribution in [-0.4, -0.2) is 11.1 Å². The zero-order chi connectivity index (χ0) is 19.2. The van der Waals surface area contributed by atoms with Crippen LogP contribution in [0, 0.1) is 25.2 Å². The van der Waals surface area contributed by atoms with E-state index in [0.29, 0.717) is 29.0 Å². The predicted octanol–water partition coefficient (Wildman–Crippen LogP) is 4.10. The summed E-state index contributed by atoms with van der Waals surface area (Å²) >= 11 is 0. The summed E-state index contributed by atoms with van der Waals surface area (Å²) < 4.78 is 16.1. The summed E-state index contributed by atoms with van der Waals surface area (Å²) in [5.41, 5.74) is 3.29. The van der Waals surface area contributed by atoms with E-state index in [1.165, 1.54) is 0 Å². The van der Waals surface area contributed by atoms with E-state index in [1.807, 2.05) is 13.8 Å². The highest BCUT2D eigenvalue weighted by Crippen LogP contribution is 2.18. The lowest BCUT2D eigenvalue weighted by Gasteiger charge is -2.08. The third-order valence-electron chi connectivity index (χ3n) is 4.15. The first kappa shape index (κ1) is 18.2. The Morgan fingerprint density at radius 3 is 2.52 bits per heavy atom. The Morgan fingerprint density at radius 2 is 1.85 bits per heavy atom. The normalized spacial score (nSPS) is 10.3. The molecule has 0 N–H and O–H groups in total. The minimum Gasteiger partial charge on any atom is -0.489 e. The molecule has 0 saturated heterocycles. The van der Waals surface area contributed by atoms with Crippen molar-refractivity contribution in [3.8, 4) is 11.8 Å². The summed E-state index contributed by atoms with van der Waals surface area (Å²) in [6.07, 6.45) is 0. The van der Waals surface area contributed by atoms with Crippen molar-refractivity contribution < 1.29 is 18.8 Å². The molecule has 0 saturated carbocycles. The molecule has 0 unspecified atom stereocenters. The number of nitrogens with zero attached hydrogens (tertiary/aromatic N) is 2. The molecule has 0 spiro atoms. The van der Waals surface area contributed by atoms with Crippen molar-refractivity contribution in [2.45, 2.75) is 27.1 Å². The predicted molar refractivity (Wildman–Crippen MR) is 97.0 cm³/mol. The third kappa shape index (κ3) is 4.33. The fraction of sp³-hybridized carbons (Fsp3) is 0.190. The second-order valence-corrected chi connectivity index (χ2v) is 5.96. The first-order valence-electron chi connectivity index (χ1n) is 8.38. The van der Waals surface area contributed by atoms with Gasteiger partial charge in [-0.3, -0.25) is 0 Å². The molecule has 3 aromatic rings. The number of aromatic nitrogens is 1. The Bertz CT molecular complexity index is 965. The van der Waals surface area contributed by atoms with Crippen molar-refractivity contribution in [1.82, 2.24) is 5.16 Å². The monoisotopic (exact) mass is 362 g/mol. The van der Waals surface area contributed by atoms with E-state index in [9.17, 15) is 4.79 Å². The largest absolute Gasteiger partial charge is 0.489 e. The molecule has 0 radical (unpaired) electrons. The van der Waals surface area contributed by atoms with Gasteiger partial charge < -0.3 is 14.0 Å². The maximum atomic E-state index is 12.2. The van der Waals surface area contributed by atoms with Crippen LogP contribution in [0.25, 0.3) is 0 Å². The smallest absolute Gasteiger partial charge is 0.338 e. The van der Waals surface area contributed by atoms with E-state index in [1.54, 1.807) is 48.5 Å². The fourth-order valence-corrected chi connectivity index (χ4v) is 2.53. The summed E-state index contributed by atoms with van der Waals surface area (Å²) in [6.45, 7) is 4.09. The Balaban J connectivity index is 1.58. The summed E-state index contributed by atoms with van der Waals surface area (Å²) in [4.78, 5) is 12.2. The third-order valence-corrected chi connectivity index (χ3v) is 4.15. The quantitative estimate of drug-likeness (QED) is 0.614. The molecule has 136 valence electrons. The van der Waals surface area contributed by atoms with Crippen molar-refractivity contribution in [2.24, 2.45) is 0 Å². The molecular weight excluding hydrogens is 344 g/mol. The van der Waals surface area contributed by atoms with Crippen molar-refractivity contribution in [1.29, 1.82) is 5.26 Å². The highest BCUT2D eigenvalue weighted by atomic mass is 16.5. The minimum atomic E-state index is -0.458. The van der Waals surface area contributed by atoms with E-state index in [2.05, 4.69) is 11.2 Å². The van der Waals surface area contributed by atoms with Crippen LogP contribution in [-0.2, 0) is 18.0 Å². The lowest BCUT2D eigenvalue weighted by atomic mass is 10.1. The molecule has 0 aliphatic heterocycles. The molecule has 0 aliphatic rings. The topological polar surface area (TPSA) is 85.3 Å². The number of esters is 1. The summed E-state index contributed by atoms with van der Waals surface area (Å²) in [5.74, 6) is 0.895. The average Bonchev–Trinajstić information content (AvgIpc) is 3.02. The highest BCUT2D eigenvalue weighted by Gasteiger charge is 2.11. The van der Waals surface area contributed by atoms with Crippen LogP contribution in [0.3, 0.4) is 0 Å². The van der Waals surface area contributed by atoms with Gasteiger partial charge in [-0.25, -0.2) is 4.79 Å². The second-order valence-electron chi connectivity index (χ2n) is 5.96. The maximum Gasteiger partial charge on any atom is 0.338 e. The maximum absolute atomic E-state index is 12.2. The molecule has 1 heterocycles. The SMILES string of the molecule is Cc1noc(C)c1COc1ccc(C(=O)OCc2ccccc2C#N)cc1. The van der Waals surface area contributed by atoms with Gasteiger partial charge in [0.2, 0.25) is 0 Å². The van der Waals surface area contributed by atoms with E-state index < -0.39 is 5.97 Å². The van der Waals surface area contributed by atoms with Crippen LogP contribution >= 0.6 is 0 Å². The number of nitriles is 1. The number of benzene rings is 2. The molecule has 0 amide bonds. The van der Waals surface area contributed by atoms with Gasteiger partial charge in [-0.15, -0.1) is 0 Å². The van der Waals surface area contributed by atoms with Gasteiger partial charge in [-0.2, -0.15) is 5.26 Å². The average molecular weight is 362 g/mol. The lowest BCUT2D eigenvalue weighted by molar-refractivity contribution is 0.0472. The Hall–Kier alpha value is -3.59. The van der Waals surface area contributed by atoms with Gasteiger partial charge in [0, 0.05) is 5.56 Å². The molecule has 1 aromatic heterocycles. The summed E-state index contributed by atoms with van der Waals surface area (Å²) in [5, 5.41) is 13.0. The van der Waals surface area contributed by atoms with Crippen LogP contribution in [0.4, 0.5) is 0 Å². The molecule has 3 rings (SSSR count). The number of hydrogen-bond donors (Lipinski definition) is 0. The van der Waals surface area contributed by atoms with E-state index in [-0.39, 0.29) is 6.61 Å². The number of ether oxygens (including phenoxy) is 2. The van der Waals surface area contributed by atoms with Crippen molar-refractivity contribution >= 4 is 5.97 Å². The minimum absolute atomic E-state index is 0.0485. The number of aryl methyl sites for hydroxylation is 2. The second kappa shape index (κ2) is 8.19. The van der Waals surface area contributed by atoms with Gasteiger partial charge in [0.1, 0.15) is 24.7 Å². The number of hydrogen-bond acceptors (Lipinski definition) is 6. The van der Waals surface area contributed by atoms with Crippen LogP contribution in [0.15, 0.2) is 53.1 Å². The number of carbonyl (C=O) groups is 1. The van der Waals surface area contributed by atoms with Crippen LogP contribution in [0.1, 0.15) is 38.5 Å². The van der Waals surface area contributed by atoms with Crippen LogP contribution < -0.4 is 4.74 Å². The van der Waals surface area contributed by atoms with Crippen molar-refractivity contribution in [2.75, 3.05) is 0 Å². The van der Waals surface area contributed by atoms with Gasteiger partial charge in [0.05, 0.1) is 28.5 Å². The van der Waals surface area contributed by atoms with Crippen molar-refractivity contribution in [3.63, 3.8) is 0 Å². The lowest BCUT2D eigenvalue weighted by Crippen LogP contribution is -2.06. The Kier molecular flexibility index (Phi) is 5.53. The first-order chi connectivity index (χ1) is 13.1. The van der Waals surface area contributed by atoms with Gasteiger partial charge in [-0.1, -0.05) is 23.4 Å². The fourth-order valence-electron chi connectivity index (χ4n) is 2.53. The number of carbonyl (C=O) groups excluding carboxylic acids is 1. The molecule has 27 heavy (non-hydrogen) atoms. The zero-order valence-corrected chi connectivity index (χ0v) is 15.1. The first-order valence-corrected chi connectivity index (χ1v) is 8.38. The highest BCUT2D eigenvalue weighted by molar-refractivity contribution is 5.89. The molecule has 0 bridgehead atoms.